The largest absolute Gasteiger partial charge is 0.374 e. The van der Waals surface area contributed by atoms with Gasteiger partial charge in [0.1, 0.15) is 0 Å². The molecule has 0 spiro atoms. The predicted molar refractivity (Wildman–Crippen MR) is 75.6 cm³/mol. The number of aromatic nitrogens is 4. The number of nitrogens with one attached hydrogen (secondary N) is 1. The van der Waals surface area contributed by atoms with E-state index in [1.54, 1.807) is 0 Å². The van der Waals surface area contributed by atoms with Crippen LogP contribution in [0.25, 0.3) is 0 Å². The quantitative estimate of drug-likeness (QED) is 0.880. The lowest BCUT2D eigenvalue weighted by Crippen LogP contribution is -2.26. The molecular formula is C10H12ClN7S. The molecule has 7 nitrogen and oxygen atoms in total. The molecule has 1 saturated heterocycles. The predicted octanol–water partition coefficient (Wildman–Crippen LogP) is 1.25. The third-order valence-electron chi connectivity index (χ3n) is 2.89. The van der Waals surface area contributed by atoms with Gasteiger partial charge in [-0.1, -0.05) is 22.9 Å². The van der Waals surface area contributed by atoms with Gasteiger partial charge in [0.2, 0.25) is 10.3 Å². The molecule has 0 radical (unpaired) electrons. The van der Waals surface area contributed by atoms with Gasteiger partial charge in [0, 0.05) is 25.2 Å². The van der Waals surface area contributed by atoms with Crippen molar-refractivity contribution >= 4 is 39.0 Å². The lowest BCUT2D eigenvalue weighted by atomic mass is 10.3. The number of hydrogen-bond acceptors (Lipinski definition) is 8. The van der Waals surface area contributed by atoms with Crippen LogP contribution in [0.4, 0.5) is 16.1 Å². The second-order valence-electron chi connectivity index (χ2n) is 4.25. The van der Waals surface area contributed by atoms with Crippen molar-refractivity contribution in [1.29, 1.82) is 0 Å². The van der Waals surface area contributed by atoms with Crippen LogP contribution in [0.5, 0.6) is 0 Å². The molecule has 1 fully saturated rings. The number of rotatable bonds is 3. The van der Waals surface area contributed by atoms with Crippen molar-refractivity contribution in [2.45, 2.75) is 12.5 Å². The number of nitrogens with two attached hydrogens (primary N) is 1. The molecule has 0 saturated carbocycles. The Morgan fingerprint density at radius 2 is 2.32 bits per heavy atom. The van der Waals surface area contributed by atoms with Gasteiger partial charge >= 0.3 is 0 Å². The van der Waals surface area contributed by atoms with Crippen molar-refractivity contribution in [2.75, 3.05) is 29.0 Å². The molecule has 1 aliphatic heterocycles. The monoisotopic (exact) mass is 297 g/mol. The minimum absolute atomic E-state index is 0.299. The summed E-state index contributed by atoms with van der Waals surface area (Å²) in [6.07, 6.45) is 2.52. The summed E-state index contributed by atoms with van der Waals surface area (Å²) in [5.41, 5.74) is 5.55. The molecule has 0 aliphatic carbocycles. The van der Waals surface area contributed by atoms with E-state index in [0.29, 0.717) is 16.2 Å². The number of halogens is 1. The maximum atomic E-state index is 5.92. The van der Waals surface area contributed by atoms with Crippen molar-refractivity contribution in [2.24, 2.45) is 0 Å². The third-order valence-corrected chi connectivity index (χ3v) is 3.78. The van der Waals surface area contributed by atoms with Gasteiger partial charge in [-0.05, 0) is 6.42 Å². The highest BCUT2D eigenvalue weighted by atomic mass is 35.5. The van der Waals surface area contributed by atoms with Crippen LogP contribution in [-0.4, -0.2) is 39.5 Å². The van der Waals surface area contributed by atoms with E-state index in [1.165, 1.54) is 17.5 Å². The molecule has 2 aromatic rings. The summed E-state index contributed by atoms with van der Waals surface area (Å²) < 4.78 is 0. The van der Waals surface area contributed by atoms with E-state index in [4.69, 9.17) is 17.3 Å². The second-order valence-corrected chi connectivity index (χ2v) is 5.70. The number of hydrogen-bond donors (Lipinski definition) is 2. The Labute approximate surface area is 118 Å². The summed E-state index contributed by atoms with van der Waals surface area (Å²) in [5.74, 6) is 0.800. The van der Waals surface area contributed by atoms with Gasteiger partial charge in [-0.3, -0.25) is 0 Å². The summed E-state index contributed by atoms with van der Waals surface area (Å²) in [6.45, 7) is 1.73. The van der Waals surface area contributed by atoms with Gasteiger partial charge < -0.3 is 16.0 Å². The fourth-order valence-corrected chi connectivity index (χ4v) is 2.77. The summed E-state index contributed by atoms with van der Waals surface area (Å²) >= 11 is 7.27. The molecule has 0 amide bonds. The Balaban J connectivity index is 1.64. The zero-order chi connectivity index (χ0) is 13.2. The Bertz CT molecular complexity index is 575. The van der Waals surface area contributed by atoms with Crippen LogP contribution >= 0.6 is 22.9 Å². The zero-order valence-corrected chi connectivity index (χ0v) is 11.5. The zero-order valence-electron chi connectivity index (χ0n) is 9.95. The SMILES string of the molecule is Nc1nnc(N[C@@H]2CCN(c3cc(Cl)cnn3)C2)s1. The maximum absolute atomic E-state index is 5.92. The van der Waals surface area contributed by atoms with Gasteiger partial charge in [-0.15, -0.1) is 15.3 Å². The average molecular weight is 298 g/mol. The first-order valence-corrected chi connectivity index (χ1v) is 6.99. The van der Waals surface area contributed by atoms with Crippen molar-refractivity contribution in [3.63, 3.8) is 0 Å². The average Bonchev–Trinajstić information content (AvgIpc) is 2.99. The molecule has 1 aliphatic rings. The molecular weight excluding hydrogens is 286 g/mol. The molecule has 2 aromatic heterocycles. The first-order valence-electron chi connectivity index (χ1n) is 5.79. The molecule has 0 unspecified atom stereocenters. The highest BCUT2D eigenvalue weighted by Gasteiger charge is 2.24. The van der Waals surface area contributed by atoms with Crippen LogP contribution in [0.2, 0.25) is 5.02 Å². The fourth-order valence-electron chi connectivity index (χ4n) is 2.04. The van der Waals surface area contributed by atoms with Crippen LogP contribution in [0.3, 0.4) is 0 Å². The Kier molecular flexibility index (Phi) is 3.34. The van der Waals surface area contributed by atoms with E-state index < -0.39 is 0 Å². The summed E-state index contributed by atoms with van der Waals surface area (Å²) in [5, 5.41) is 20.8. The normalized spacial score (nSPS) is 18.8. The molecule has 3 N–H and O–H groups in total. The molecule has 1 atom stereocenters. The van der Waals surface area contributed by atoms with Gasteiger partial charge in [-0.2, -0.15) is 5.10 Å². The summed E-state index contributed by atoms with van der Waals surface area (Å²) in [6, 6.07) is 2.12. The minimum Gasteiger partial charge on any atom is -0.374 e. The van der Waals surface area contributed by atoms with Crippen LogP contribution in [-0.2, 0) is 0 Å². The van der Waals surface area contributed by atoms with Gasteiger partial charge in [0.25, 0.3) is 0 Å². The van der Waals surface area contributed by atoms with E-state index in [1.807, 2.05) is 6.07 Å². The van der Waals surface area contributed by atoms with Gasteiger partial charge in [-0.25, -0.2) is 0 Å². The summed E-state index contributed by atoms with van der Waals surface area (Å²) in [4.78, 5) is 2.14. The standard InChI is InChI=1S/C10H12ClN7S/c11-6-3-8(15-13-4-6)18-2-1-7(5-18)14-10-17-16-9(12)19-10/h3-4,7H,1-2,5H2,(H2,12,16)(H,14,17)/t7-/m1/s1. The molecule has 3 rings (SSSR count). The number of anilines is 3. The van der Waals surface area contributed by atoms with Crippen molar-refractivity contribution < 1.29 is 0 Å². The highest BCUT2D eigenvalue weighted by molar-refractivity contribution is 7.18. The van der Waals surface area contributed by atoms with Crippen LogP contribution in [0.15, 0.2) is 12.3 Å². The molecule has 0 bridgehead atoms. The Hall–Kier alpha value is -1.67. The highest BCUT2D eigenvalue weighted by Crippen LogP contribution is 2.24. The van der Waals surface area contributed by atoms with E-state index in [9.17, 15) is 0 Å². The van der Waals surface area contributed by atoms with Crippen LogP contribution in [0.1, 0.15) is 6.42 Å². The topological polar surface area (TPSA) is 92.8 Å². The lowest BCUT2D eigenvalue weighted by Gasteiger charge is -2.16. The summed E-state index contributed by atoms with van der Waals surface area (Å²) in [7, 11) is 0. The minimum atomic E-state index is 0.299. The Morgan fingerprint density at radius 1 is 1.42 bits per heavy atom. The molecule has 19 heavy (non-hydrogen) atoms. The van der Waals surface area contributed by atoms with Gasteiger partial charge in [0.15, 0.2) is 5.82 Å². The van der Waals surface area contributed by atoms with Crippen molar-refractivity contribution in [1.82, 2.24) is 20.4 Å². The first-order chi connectivity index (χ1) is 9.20. The number of nitrogen functional groups attached to an aromatic ring is 1. The van der Waals surface area contributed by atoms with E-state index in [-0.39, 0.29) is 0 Å². The lowest BCUT2D eigenvalue weighted by molar-refractivity contribution is 0.799. The molecule has 100 valence electrons. The fraction of sp³-hybridized carbons (Fsp3) is 0.400. The molecule has 0 aromatic carbocycles. The number of nitrogens with zero attached hydrogens (tertiary/aromatic N) is 5. The third kappa shape index (κ3) is 2.85. The van der Waals surface area contributed by atoms with E-state index in [0.717, 1.165) is 30.5 Å². The van der Waals surface area contributed by atoms with Gasteiger partial charge in [0.05, 0.1) is 11.2 Å². The van der Waals surface area contributed by atoms with Crippen molar-refractivity contribution in [3.8, 4) is 0 Å². The van der Waals surface area contributed by atoms with Crippen molar-refractivity contribution in [3.05, 3.63) is 17.3 Å². The van der Waals surface area contributed by atoms with Crippen LogP contribution in [0, 0.1) is 0 Å². The smallest absolute Gasteiger partial charge is 0.207 e. The van der Waals surface area contributed by atoms with E-state index in [2.05, 4.69) is 30.6 Å². The molecule has 3 heterocycles. The van der Waals surface area contributed by atoms with Crippen LogP contribution < -0.4 is 16.0 Å². The van der Waals surface area contributed by atoms with E-state index >= 15 is 0 Å². The Morgan fingerprint density at radius 3 is 3.05 bits per heavy atom. The first kappa shape index (κ1) is 12.4. The molecule has 9 heteroatoms. The maximum Gasteiger partial charge on any atom is 0.207 e. The second kappa shape index (κ2) is 5.14.